The summed E-state index contributed by atoms with van der Waals surface area (Å²) in [6.07, 6.45) is 4.74. The summed E-state index contributed by atoms with van der Waals surface area (Å²) in [5.41, 5.74) is -1.32. The maximum atomic E-state index is 12.7. The second-order valence-electron chi connectivity index (χ2n) is 6.75. The third-order valence-electron chi connectivity index (χ3n) is 4.77. The first-order valence-electron chi connectivity index (χ1n) is 7.48. The van der Waals surface area contributed by atoms with Crippen LogP contribution in [0.5, 0.6) is 0 Å². The Kier molecular flexibility index (Phi) is 3.63. The SMILES string of the molecule is CCC(C)CN1C(=O)C(C)(C)NC(=O)C12CCCC2. The first kappa shape index (κ1) is 14.4. The lowest BCUT2D eigenvalue weighted by atomic mass is 9.84. The van der Waals surface area contributed by atoms with Gasteiger partial charge in [-0.25, -0.2) is 0 Å². The van der Waals surface area contributed by atoms with Gasteiger partial charge in [-0.05, 0) is 32.6 Å². The number of amides is 2. The van der Waals surface area contributed by atoms with E-state index in [1.807, 2.05) is 4.90 Å². The molecule has 108 valence electrons. The average molecular weight is 266 g/mol. The Morgan fingerprint density at radius 1 is 1.26 bits per heavy atom. The predicted octanol–water partition coefficient (Wildman–Crippen LogP) is 2.08. The van der Waals surface area contributed by atoms with Crippen molar-refractivity contribution in [1.29, 1.82) is 0 Å². The lowest BCUT2D eigenvalue weighted by molar-refractivity contribution is -0.162. The van der Waals surface area contributed by atoms with Gasteiger partial charge in [0.25, 0.3) is 0 Å². The van der Waals surface area contributed by atoms with Gasteiger partial charge in [0.1, 0.15) is 11.1 Å². The lowest BCUT2D eigenvalue weighted by Gasteiger charge is -2.50. The third-order valence-corrected chi connectivity index (χ3v) is 4.77. The molecule has 0 bridgehead atoms. The van der Waals surface area contributed by atoms with E-state index in [0.29, 0.717) is 12.5 Å². The molecular formula is C15H26N2O2. The van der Waals surface area contributed by atoms with E-state index < -0.39 is 11.1 Å². The number of hydrogen-bond acceptors (Lipinski definition) is 2. The van der Waals surface area contributed by atoms with Gasteiger partial charge in [0, 0.05) is 6.54 Å². The second kappa shape index (κ2) is 4.80. The van der Waals surface area contributed by atoms with Crippen molar-refractivity contribution in [3.63, 3.8) is 0 Å². The Balaban J connectivity index is 2.34. The zero-order valence-corrected chi connectivity index (χ0v) is 12.6. The number of carbonyl (C=O) groups excluding carboxylic acids is 2. The van der Waals surface area contributed by atoms with Crippen LogP contribution >= 0.6 is 0 Å². The number of rotatable bonds is 3. The van der Waals surface area contributed by atoms with Crippen LogP contribution in [0, 0.1) is 5.92 Å². The van der Waals surface area contributed by atoms with E-state index >= 15 is 0 Å². The smallest absolute Gasteiger partial charge is 0.248 e. The summed E-state index contributed by atoms with van der Waals surface area (Å²) in [7, 11) is 0. The molecule has 2 amide bonds. The van der Waals surface area contributed by atoms with E-state index in [2.05, 4.69) is 19.2 Å². The van der Waals surface area contributed by atoms with E-state index in [9.17, 15) is 9.59 Å². The Hall–Kier alpha value is -1.06. The van der Waals surface area contributed by atoms with Crippen LogP contribution in [0.25, 0.3) is 0 Å². The van der Waals surface area contributed by atoms with E-state index in [0.717, 1.165) is 32.1 Å². The lowest BCUT2D eigenvalue weighted by Crippen LogP contribution is -2.73. The molecule has 0 aromatic carbocycles. The molecule has 4 nitrogen and oxygen atoms in total. The van der Waals surface area contributed by atoms with Gasteiger partial charge in [0.2, 0.25) is 11.8 Å². The summed E-state index contributed by atoms with van der Waals surface area (Å²) >= 11 is 0. The van der Waals surface area contributed by atoms with Crippen molar-refractivity contribution in [3.8, 4) is 0 Å². The Labute approximate surface area is 115 Å². The standard InChI is InChI=1S/C15H26N2O2/c1-5-11(2)10-17-13(19)14(3,4)16-12(18)15(17)8-6-7-9-15/h11H,5-10H2,1-4H3,(H,16,18). The molecule has 1 aliphatic heterocycles. The third kappa shape index (κ3) is 2.26. The van der Waals surface area contributed by atoms with E-state index in [-0.39, 0.29) is 11.8 Å². The summed E-state index contributed by atoms with van der Waals surface area (Å²) in [6, 6.07) is 0. The van der Waals surface area contributed by atoms with Crippen molar-refractivity contribution in [2.24, 2.45) is 5.92 Å². The molecule has 2 aliphatic rings. The fourth-order valence-electron chi connectivity index (χ4n) is 3.26. The van der Waals surface area contributed by atoms with Crippen LogP contribution in [0.2, 0.25) is 0 Å². The fraction of sp³-hybridized carbons (Fsp3) is 0.867. The highest BCUT2D eigenvalue weighted by Crippen LogP contribution is 2.40. The van der Waals surface area contributed by atoms with Crippen molar-refractivity contribution in [2.45, 2.75) is 70.9 Å². The molecule has 2 fully saturated rings. The first-order chi connectivity index (χ1) is 8.83. The predicted molar refractivity (Wildman–Crippen MR) is 74.6 cm³/mol. The number of nitrogens with one attached hydrogen (secondary N) is 1. The van der Waals surface area contributed by atoms with Gasteiger partial charge in [-0.1, -0.05) is 33.1 Å². The molecule has 2 rings (SSSR count). The van der Waals surface area contributed by atoms with Crippen molar-refractivity contribution in [3.05, 3.63) is 0 Å². The summed E-state index contributed by atoms with van der Waals surface area (Å²) in [5.74, 6) is 0.565. The first-order valence-corrected chi connectivity index (χ1v) is 7.48. The van der Waals surface area contributed by atoms with Gasteiger partial charge in [-0.15, -0.1) is 0 Å². The number of piperazine rings is 1. The van der Waals surface area contributed by atoms with Gasteiger partial charge in [-0.2, -0.15) is 0 Å². The quantitative estimate of drug-likeness (QED) is 0.850. The average Bonchev–Trinajstić information content (AvgIpc) is 2.83. The maximum absolute atomic E-state index is 12.7. The summed E-state index contributed by atoms with van der Waals surface area (Å²) < 4.78 is 0. The topological polar surface area (TPSA) is 49.4 Å². The number of hydrogen-bond donors (Lipinski definition) is 1. The van der Waals surface area contributed by atoms with Crippen LogP contribution in [-0.2, 0) is 9.59 Å². The summed E-state index contributed by atoms with van der Waals surface area (Å²) in [6.45, 7) is 8.59. The molecule has 19 heavy (non-hydrogen) atoms. The molecule has 1 unspecified atom stereocenters. The van der Waals surface area contributed by atoms with E-state index in [1.54, 1.807) is 13.8 Å². The van der Waals surface area contributed by atoms with Crippen molar-refractivity contribution in [2.75, 3.05) is 6.54 Å². The van der Waals surface area contributed by atoms with Crippen molar-refractivity contribution < 1.29 is 9.59 Å². The van der Waals surface area contributed by atoms with Crippen LogP contribution in [0.4, 0.5) is 0 Å². The van der Waals surface area contributed by atoms with Crippen LogP contribution in [0.1, 0.15) is 59.8 Å². The summed E-state index contributed by atoms with van der Waals surface area (Å²) in [4.78, 5) is 27.2. The monoisotopic (exact) mass is 266 g/mol. The highest BCUT2D eigenvalue weighted by atomic mass is 16.2. The van der Waals surface area contributed by atoms with E-state index in [4.69, 9.17) is 0 Å². The van der Waals surface area contributed by atoms with E-state index in [1.165, 1.54) is 0 Å². The van der Waals surface area contributed by atoms with Crippen LogP contribution in [0.15, 0.2) is 0 Å². The highest BCUT2D eigenvalue weighted by Gasteiger charge is 2.56. The molecule has 0 aromatic heterocycles. The molecule has 1 saturated carbocycles. The minimum Gasteiger partial charge on any atom is -0.340 e. The normalized spacial score (nSPS) is 26.6. The molecule has 1 aliphatic carbocycles. The molecular weight excluding hydrogens is 240 g/mol. The Morgan fingerprint density at radius 3 is 2.37 bits per heavy atom. The molecule has 1 saturated heterocycles. The van der Waals surface area contributed by atoms with Crippen LogP contribution in [0.3, 0.4) is 0 Å². The molecule has 0 aromatic rings. The largest absolute Gasteiger partial charge is 0.340 e. The van der Waals surface area contributed by atoms with Gasteiger partial charge in [0.05, 0.1) is 0 Å². The Bertz CT molecular complexity index is 384. The number of carbonyl (C=O) groups is 2. The van der Waals surface area contributed by atoms with Gasteiger partial charge >= 0.3 is 0 Å². The molecule has 1 atom stereocenters. The second-order valence-corrected chi connectivity index (χ2v) is 6.75. The molecule has 1 spiro atoms. The van der Waals surface area contributed by atoms with Gasteiger partial charge in [-0.3, -0.25) is 9.59 Å². The van der Waals surface area contributed by atoms with Gasteiger partial charge in [0.15, 0.2) is 0 Å². The molecule has 0 radical (unpaired) electrons. The minimum atomic E-state index is -0.765. The zero-order valence-electron chi connectivity index (χ0n) is 12.6. The highest BCUT2D eigenvalue weighted by molar-refractivity contribution is 6.02. The zero-order chi connectivity index (χ0) is 14.3. The molecule has 1 heterocycles. The van der Waals surface area contributed by atoms with Gasteiger partial charge < -0.3 is 10.2 Å². The van der Waals surface area contributed by atoms with Crippen molar-refractivity contribution >= 4 is 11.8 Å². The minimum absolute atomic E-state index is 0.0536. The Morgan fingerprint density at radius 2 is 1.84 bits per heavy atom. The number of nitrogens with zero attached hydrogens (tertiary/aromatic N) is 1. The van der Waals surface area contributed by atoms with Crippen LogP contribution < -0.4 is 5.32 Å². The van der Waals surface area contributed by atoms with Crippen molar-refractivity contribution in [1.82, 2.24) is 10.2 Å². The fourth-order valence-corrected chi connectivity index (χ4v) is 3.26. The maximum Gasteiger partial charge on any atom is 0.248 e. The van der Waals surface area contributed by atoms with Crippen LogP contribution in [-0.4, -0.2) is 34.3 Å². The summed E-state index contributed by atoms with van der Waals surface area (Å²) in [5, 5.41) is 2.93. The molecule has 4 heteroatoms. The molecule has 1 N–H and O–H groups in total.